The van der Waals surface area contributed by atoms with Gasteiger partial charge in [-0.15, -0.1) is 0 Å². The average Bonchev–Trinajstić information content (AvgIpc) is 2.60. The van der Waals surface area contributed by atoms with E-state index in [0.29, 0.717) is 15.7 Å². The van der Waals surface area contributed by atoms with Gasteiger partial charge in [0, 0.05) is 21.1 Å². The van der Waals surface area contributed by atoms with E-state index in [9.17, 15) is 9.59 Å². The molecule has 4 nitrogen and oxygen atoms in total. The smallest absolute Gasteiger partial charge is 0.251 e. The van der Waals surface area contributed by atoms with Gasteiger partial charge in [0.2, 0.25) is 6.41 Å². The number of hydrogen-bond donors (Lipinski definition) is 0. The van der Waals surface area contributed by atoms with Gasteiger partial charge in [-0.3, -0.25) is 14.5 Å². The van der Waals surface area contributed by atoms with E-state index in [0.717, 1.165) is 6.41 Å². The van der Waals surface area contributed by atoms with Gasteiger partial charge in [-0.1, -0.05) is 44.0 Å². The van der Waals surface area contributed by atoms with Gasteiger partial charge in [-0.25, -0.2) is 0 Å². The molecular weight excluding hydrogens is 311 g/mol. The predicted octanol–water partition coefficient (Wildman–Crippen LogP) is 3.56. The minimum Gasteiger partial charge on any atom is -0.312 e. The Bertz CT molecular complexity index is 563. The lowest BCUT2D eigenvalue weighted by Crippen LogP contribution is -2.48. The number of rotatable bonds is 2. The van der Waals surface area contributed by atoms with Crippen molar-refractivity contribution in [1.29, 1.82) is 0 Å². The minimum absolute atomic E-state index is 0.139. The minimum atomic E-state index is -0.510. The van der Waals surface area contributed by atoms with Crippen LogP contribution >= 0.6 is 23.2 Å². The van der Waals surface area contributed by atoms with E-state index < -0.39 is 6.04 Å². The van der Waals surface area contributed by atoms with Crippen LogP contribution in [0.2, 0.25) is 10.0 Å². The Morgan fingerprint density at radius 2 is 1.67 bits per heavy atom. The second kappa shape index (κ2) is 5.50. The molecule has 0 spiro atoms. The summed E-state index contributed by atoms with van der Waals surface area (Å²) < 4.78 is 0. The molecular formula is C15H18Cl2N2O2. The molecule has 0 N–H and O–H groups in total. The fraction of sp³-hybridized carbons (Fsp3) is 0.467. The van der Waals surface area contributed by atoms with Crippen LogP contribution in [0.15, 0.2) is 18.2 Å². The molecule has 1 aliphatic rings. The van der Waals surface area contributed by atoms with E-state index >= 15 is 0 Å². The van der Waals surface area contributed by atoms with E-state index in [1.54, 1.807) is 30.0 Å². The monoisotopic (exact) mass is 328 g/mol. The van der Waals surface area contributed by atoms with E-state index in [-0.39, 0.29) is 17.5 Å². The van der Waals surface area contributed by atoms with Crippen LogP contribution < -0.4 is 4.90 Å². The quantitative estimate of drug-likeness (QED) is 0.779. The molecule has 114 valence electrons. The van der Waals surface area contributed by atoms with Crippen LogP contribution in [-0.2, 0) is 9.59 Å². The Morgan fingerprint density at radius 1 is 1.14 bits per heavy atom. The Kier molecular flexibility index (Phi) is 4.22. The van der Waals surface area contributed by atoms with Gasteiger partial charge in [0.25, 0.3) is 5.91 Å². The summed E-state index contributed by atoms with van der Waals surface area (Å²) in [6, 6.07) is 4.47. The molecule has 1 saturated heterocycles. The van der Waals surface area contributed by atoms with Crippen molar-refractivity contribution >= 4 is 41.2 Å². The summed E-state index contributed by atoms with van der Waals surface area (Å²) in [6.07, 6.45) is 0.344. The predicted molar refractivity (Wildman–Crippen MR) is 84.6 cm³/mol. The van der Waals surface area contributed by atoms with E-state index in [4.69, 9.17) is 23.2 Å². The number of amides is 2. The third-order valence-corrected chi connectivity index (χ3v) is 4.03. The number of anilines is 1. The SMILES string of the molecule is C[C@@H]1C(=O)N(c2cc(Cl)cc(Cl)c2)[C@@H](C(C)(C)C)N1C=O. The van der Waals surface area contributed by atoms with Gasteiger partial charge < -0.3 is 4.90 Å². The molecule has 0 radical (unpaired) electrons. The molecule has 0 aliphatic carbocycles. The van der Waals surface area contributed by atoms with Crippen LogP contribution in [0.5, 0.6) is 0 Å². The van der Waals surface area contributed by atoms with Crippen LogP contribution in [0.25, 0.3) is 0 Å². The zero-order valence-electron chi connectivity index (χ0n) is 12.4. The lowest BCUT2D eigenvalue weighted by molar-refractivity contribution is -0.126. The standard InChI is InChI=1S/C15H18Cl2N2O2/c1-9-13(21)19(12-6-10(16)5-11(17)7-12)14(15(2,3)4)18(9)8-20/h5-9,14H,1-4H3/t9-,14+/m1/s1. The molecule has 0 bridgehead atoms. The summed E-state index contributed by atoms with van der Waals surface area (Å²) in [7, 11) is 0. The molecule has 2 rings (SSSR count). The van der Waals surface area contributed by atoms with Gasteiger partial charge in [0.15, 0.2) is 0 Å². The van der Waals surface area contributed by atoms with Gasteiger partial charge in [-0.2, -0.15) is 0 Å². The molecule has 1 aromatic carbocycles. The topological polar surface area (TPSA) is 40.6 Å². The molecule has 1 aromatic rings. The van der Waals surface area contributed by atoms with Crippen LogP contribution in [0.4, 0.5) is 5.69 Å². The zero-order valence-corrected chi connectivity index (χ0v) is 13.9. The Labute approximate surface area is 134 Å². The number of hydrogen-bond acceptors (Lipinski definition) is 2. The molecule has 2 amide bonds. The largest absolute Gasteiger partial charge is 0.312 e. The van der Waals surface area contributed by atoms with Gasteiger partial charge in [-0.05, 0) is 25.1 Å². The molecule has 1 fully saturated rings. The second-order valence-electron chi connectivity index (χ2n) is 6.30. The average molecular weight is 329 g/mol. The lowest BCUT2D eigenvalue weighted by Gasteiger charge is -2.38. The van der Waals surface area contributed by atoms with Crippen LogP contribution in [-0.4, -0.2) is 29.4 Å². The van der Waals surface area contributed by atoms with E-state index in [1.165, 1.54) is 4.90 Å². The second-order valence-corrected chi connectivity index (χ2v) is 7.18. The number of benzene rings is 1. The Balaban J connectivity index is 2.57. The maximum absolute atomic E-state index is 12.6. The molecule has 2 atom stereocenters. The van der Waals surface area contributed by atoms with Crippen molar-refractivity contribution in [3.8, 4) is 0 Å². The van der Waals surface area contributed by atoms with E-state index in [1.807, 2.05) is 20.8 Å². The Hall–Kier alpha value is -1.26. The molecule has 0 unspecified atom stereocenters. The first kappa shape index (κ1) is 16.1. The van der Waals surface area contributed by atoms with Crippen molar-refractivity contribution in [3.05, 3.63) is 28.2 Å². The highest BCUT2D eigenvalue weighted by Gasteiger charge is 2.49. The van der Waals surface area contributed by atoms with Crippen LogP contribution in [0.3, 0.4) is 0 Å². The third-order valence-electron chi connectivity index (χ3n) is 3.59. The molecule has 0 saturated carbocycles. The summed E-state index contributed by atoms with van der Waals surface area (Å²) in [6.45, 7) is 7.68. The Morgan fingerprint density at radius 3 is 2.10 bits per heavy atom. The summed E-state index contributed by atoms with van der Waals surface area (Å²) in [5.74, 6) is -0.139. The normalized spacial score (nSPS) is 22.9. The first-order chi connectivity index (χ1) is 9.66. The first-order valence-corrected chi connectivity index (χ1v) is 7.44. The summed E-state index contributed by atoms with van der Waals surface area (Å²) >= 11 is 12.1. The van der Waals surface area contributed by atoms with Crippen LogP contribution in [0, 0.1) is 5.41 Å². The molecule has 1 aliphatic heterocycles. The van der Waals surface area contributed by atoms with Crippen molar-refractivity contribution in [2.24, 2.45) is 5.41 Å². The van der Waals surface area contributed by atoms with Crippen molar-refractivity contribution in [2.75, 3.05) is 4.90 Å². The zero-order chi connectivity index (χ0) is 15.9. The van der Waals surface area contributed by atoms with Gasteiger partial charge in [0.05, 0.1) is 0 Å². The fourth-order valence-corrected chi connectivity index (χ4v) is 3.24. The van der Waals surface area contributed by atoms with E-state index in [2.05, 4.69) is 0 Å². The van der Waals surface area contributed by atoms with Crippen LogP contribution in [0.1, 0.15) is 27.7 Å². The molecule has 21 heavy (non-hydrogen) atoms. The third kappa shape index (κ3) is 2.87. The molecule has 6 heteroatoms. The number of halogens is 2. The van der Waals surface area contributed by atoms with Crippen molar-refractivity contribution < 1.29 is 9.59 Å². The summed E-state index contributed by atoms with van der Waals surface area (Å²) in [5.41, 5.74) is 0.296. The van der Waals surface area contributed by atoms with Crippen molar-refractivity contribution in [1.82, 2.24) is 4.90 Å². The highest BCUT2D eigenvalue weighted by atomic mass is 35.5. The number of carbonyl (C=O) groups excluding carboxylic acids is 2. The van der Waals surface area contributed by atoms with Gasteiger partial charge in [0.1, 0.15) is 12.2 Å². The highest BCUT2D eigenvalue weighted by molar-refractivity contribution is 6.35. The number of carbonyl (C=O) groups is 2. The number of nitrogens with zero attached hydrogens (tertiary/aromatic N) is 2. The van der Waals surface area contributed by atoms with Gasteiger partial charge >= 0.3 is 0 Å². The first-order valence-electron chi connectivity index (χ1n) is 6.68. The van der Waals surface area contributed by atoms with Crippen molar-refractivity contribution in [3.63, 3.8) is 0 Å². The molecule has 0 aromatic heterocycles. The lowest BCUT2D eigenvalue weighted by atomic mass is 9.91. The summed E-state index contributed by atoms with van der Waals surface area (Å²) in [4.78, 5) is 27.2. The maximum atomic E-state index is 12.6. The molecule has 1 heterocycles. The fourth-order valence-electron chi connectivity index (χ4n) is 2.72. The highest BCUT2D eigenvalue weighted by Crippen LogP contribution is 2.38. The summed E-state index contributed by atoms with van der Waals surface area (Å²) in [5, 5.41) is 0.908. The maximum Gasteiger partial charge on any atom is 0.251 e. The van der Waals surface area contributed by atoms with Crippen molar-refractivity contribution in [2.45, 2.75) is 39.9 Å².